The van der Waals surface area contributed by atoms with E-state index in [0.29, 0.717) is 22.9 Å². The van der Waals surface area contributed by atoms with Crippen molar-refractivity contribution in [1.29, 1.82) is 10.8 Å². The second kappa shape index (κ2) is 8.27. The molecular formula is C22H28N4O2+2. The molecule has 6 nitrogen and oxygen atoms in total. The molecule has 6 heteroatoms. The van der Waals surface area contributed by atoms with E-state index in [-0.39, 0.29) is 10.8 Å². The van der Waals surface area contributed by atoms with Crippen LogP contribution in [0.2, 0.25) is 0 Å². The molecule has 0 N–H and O–H groups in total. The van der Waals surface area contributed by atoms with Crippen LogP contribution < -0.4 is 9.47 Å². The topological polar surface area (TPSA) is 74.8 Å². The molecule has 2 atom stereocenters. The highest BCUT2D eigenvalue weighted by Crippen LogP contribution is 2.51. The maximum Gasteiger partial charge on any atom is 0.426 e. The summed E-state index contributed by atoms with van der Waals surface area (Å²) in [7, 11) is 3.10. The molecule has 0 aliphatic carbocycles. The molecular weight excluding hydrogens is 352 g/mol. The Kier molecular flexibility index (Phi) is 6.26. The first-order valence-electron chi connectivity index (χ1n) is 9.42. The van der Waals surface area contributed by atoms with Crippen molar-refractivity contribution in [2.75, 3.05) is 14.2 Å². The molecule has 2 aromatic rings. The number of diazo groups is 2. The largest absolute Gasteiger partial charge is 0.489 e. The Hall–Kier alpha value is -3.12. The Morgan fingerprint density at radius 1 is 0.750 bits per heavy atom. The first kappa shape index (κ1) is 21.2. The third-order valence-electron chi connectivity index (χ3n) is 6.48. The van der Waals surface area contributed by atoms with Crippen LogP contribution >= 0.6 is 0 Å². The average molecular weight is 380 g/mol. The zero-order valence-corrected chi connectivity index (χ0v) is 17.5. The van der Waals surface area contributed by atoms with Gasteiger partial charge in [-0.2, -0.15) is 0 Å². The maximum absolute atomic E-state index is 9.41. The molecule has 0 saturated carbocycles. The summed E-state index contributed by atoms with van der Waals surface area (Å²) in [5, 5.41) is 18.8. The third-order valence-corrected chi connectivity index (χ3v) is 6.48. The van der Waals surface area contributed by atoms with Crippen LogP contribution in [0.4, 0.5) is 11.4 Å². The molecule has 28 heavy (non-hydrogen) atoms. The Balaban J connectivity index is 2.70. The van der Waals surface area contributed by atoms with Gasteiger partial charge in [-0.15, -0.1) is 0 Å². The van der Waals surface area contributed by atoms with Crippen molar-refractivity contribution in [2.45, 2.75) is 51.4 Å². The van der Waals surface area contributed by atoms with Crippen LogP contribution in [0.3, 0.4) is 0 Å². The molecule has 0 aliphatic heterocycles. The van der Waals surface area contributed by atoms with E-state index in [9.17, 15) is 10.8 Å². The average Bonchev–Trinajstić information content (AvgIpc) is 2.76. The lowest BCUT2D eigenvalue weighted by Crippen LogP contribution is -2.44. The first-order chi connectivity index (χ1) is 13.3. The minimum Gasteiger partial charge on any atom is -0.489 e. The van der Waals surface area contributed by atoms with Gasteiger partial charge in [-0.25, -0.2) is 0 Å². The summed E-state index contributed by atoms with van der Waals surface area (Å²) in [6.45, 7) is 8.71. The normalized spacial score (nSPS) is 14.9. The summed E-state index contributed by atoms with van der Waals surface area (Å²) in [6, 6.07) is 11.4. The second-order valence-corrected chi connectivity index (χ2v) is 7.34. The molecule has 0 spiro atoms. The highest BCUT2D eigenvalue weighted by atomic mass is 16.5. The van der Waals surface area contributed by atoms with Gasteiger partial charge in [0.05, 0.1) is 14.2 Å². The van der Waals surface area contributed by atoms with E-state index in [1.165, 1.54) is 0 Å². The summed E-state index contributed by atoms with van der Waals surface area (Å²) < 4.78 is 10.6. The lowest BCUT2D eigenvalue weighted by Gasteiger charge is -2.47. The van der Waals surface area contributed by atoms with Crippen LogP contribution in [-0.4, -0.2) is 14.2 Å². The van der Waals surface area contributed by atoms with E-state index in [0.717, 1.165) is 24.0 Å². The SMILES string of the molecule is CC[C@@](C)(c1ccc(OC)c([N+]#N)c1)[C@](C)(CC)c1ccc(OC)c([N+]#N)c1. The third kappa shape index (κ3) is 3.27. The van der Waals surface area contributed by atoms with Crippen molar-refractivity contribution in [1.82, 2.24) is 0 Å². The summed E-state index contributed by atoms with van der Waals surface area (Å²) in [5.41, 5.74) is 2.33. The zero-order valence-electron chi connectivity index (χ0n) is 17.5. The zero-order chi connectivity index (χ0) is 20.9. The first-order valence-corrected chi connectivity index (χ1v) is 9.42. The van der Waals surface area contributed by atoms with Gasteiger partial charge in [0.2, 0.25) is 22.3 Å². The predicted octanol–water partition coefficient (Wildman–Crippen LogP) is 6.71. The molecule has 0 saturated heterocycles. The molecule has 2 aromatic carbocycles. The van der Waals surface area contributed by atoms with Gasteiger partial charge in [-0.3, -0.25) is 0 Å². The van der Waals surface area contributed by atoms with Crippen molar-refractivity contribution in [3.8, 4) is 11.5 Å². The number of hydrogen-bond acceptors (Lipinski definition) is 4. The van der Waals surface area contributed by atoms with E-state index in [4.69, 9.17) is 9.47 Å². The Morgan fingerprint density at radius 3 is 1.36 bits per heavy atom. The van der Waals surface area contributed by atoms with Gasteiger partial charge in [-0.05, 0) is 36.1 Å². The molecule has 0 aliphatic rings. The van der Waals surface area contributed by atoms with E-state index in [2.05, 4.69) is 37.6 Å². The van der Waals surface area contributed by atoms with Crippen molar-refractivity contribution in [3.63, 3.8) is 0 Å². The second-order valence-electron chi connectivity index (χ2n) is 7.34. The molecule has 0 amide bonds. The Bertz CT molecular complexity index is 867. The molecule has 0 fully saturated rings. The Labute approximate surface area is 166 Å². The van der Waals surface area contributed by atoms with Gasteiger partial charge in [0, 0.05) is 23.0 Å². The number of hydrogen-bond donors (Lipinski definition) is 0. The number of methoxy groups -OCH3 is 2. The van der Waals surface area contributed by atoms with Crippen molar-refractivity contribution < 1.29 is 9.47 Å². The van der Waals surface area contributed by atoms with Gasteiger partial charge >= 0.3 is 11.4 Å². The van der Waals surface area contributed by atoms with Crippen LogP contribution in [0.15, 0.2) is 36.4 Å². The standard InChI is InChI=1S/C22H28N4O2/c1-7-21(3,15-9-11-19(27-5)17(13-15)25-23)22(4,8-2)16-10-12-20(28-6)18(14-16)26-24/h9-14H,7-8H2,1-6H3/q+2/t21-,22+. The van der Waals surface area contributed by atoms with Gasteiger partial charge in [0.1, 0.15) is 0 Å². The summed E-state index contributed by atoms with van der Waals surface area (Å²) >= 11 is 0. The van der Waals surface area contributed by atoms with E-state index < -0.39 is 0 Å². The van der Waals surface area contributed by atoms with Gasteiger partial charge in [-0.1, -0.05) is 39.8 Å². The maximum atomic E-state index is 9.41. The quantitative estimate of drug-likeness (QED) is 0.500. The fourth-order valence-corrected chi connectivity index (χ4v) is 4.05. The smallest absolute Gasteiger partial charge is 0.426 e. The van der Waals surface area contributed by atoms with Gasteiger partial charge in [0.25, 0.3) is 0 Å². The van der Waals surface area contributed by atoms with Gasteiger partial charge < -0.3 is 9.47 Å². The minimum absolute atomic E-state index is 0.283. The highest BCUT2D eigenvalue weighted by molar-refractivity contribution is 5.62. The minimum atomic E-state index is -0.283. The van der Waals surface area contributed by atoms with E-state index >= 15 is 0 Å². The molecule has 0 heterocycles. The summed E-state index contributed by atoms with van der Waals surface area (Å²) in [5.74, 6) is 1.04. The number of ether oxygens (including phenoxy) is 2. The number of benzene rings is 2. The van der Waals surface area contributed by atoms with Crippen LogP contribution in [0, 0.1) is 10.8 Å². The van der Waals surface area contributed by atoms with Gasteiger partial charge in [0.15, 0.2) is 9.95 Å². The molecule has 0 aromatic heterocycles. The monoisotopic (exact) mass is 380 g/mol. The van der Waals surface area contributed by atoms with Crippen LogP contribution in [0.1, 0.15) is 51.7 Å². The van der Waals surface area contributed by atoms with Crippen molar-refractivity contribution >= 4 is 11.4 Å². The van der Waals surface area contributed by atoms with Crippen molar-refractivity contribution in [2.24, 2.45) is 0 Å². The lowest BCUT2D eigenvalue weighted by molar-refractivity contribution is 0.234. The van der Waals surface area contributed by atoms with E-state index in [1.54, 1.807) is 14.2 Å². The predicted molar refractivity (Wildman–Crippen MR) is 111 cm³/mol. The van der Waals surface area contributed by atoms with Crippen LogP contribution in [0.25, 0.3) is 9.95 Å². The number of rotatable bonds is 7. The molecule has 0 unspecified atom stereocenters. The van der Waals surface area contributed by atoms with Crippen molar-refractivity contribution in [3.05, 3.63) is 57.5 Å². The molecule has 0 bridgehead atoms. The summed E-state index contributed by atoms with van der Waals surface area (Å²) in [4.78, 5) is 6.78. The molecule has 0 radical (unpaired) electrons. The van der Waals surface area contributed by atoms with Crippen LogP contribution in [-0.2, 0) is 10.8 Å². The number of nitrogens with zero attached hydrogens (tertiary/aromatic N) is 4. The fraction of sp³-hybridized carbons (Fsp3) is 0.455. The van der Waals surface area contributed by atoms with Crippen LogP contribution in [0.5, 0.6) is 11.5 Å². The molecule has 2 rings (SSSR count). The Morgan fingerprint density at radius 2 is 1.11 bits per heavy atom. The van der Waals surface area contributed by atoms with E-state index in [1.807, 2.05) is 36.4 Å². The molecule has 146 valence electrons. The highest BCUT2D eigenvalue weighted by Gasteiger charge is 2.46. The fourth-order valence-electron chi connectivity index (χ4n) is 4.05. The lowest BCUT2D eigenvalue weighted by atomic mass is 9.56. The summed E-state index contributed by atoms with van der Waals surface area (Å²) in [6.07, 6.45) is 1.71.